The molecule has 3 saturated carbocycles. The van der Waals surface area contributed by atoms with Crippen molar-refractivity contribution in [2.75, 3.05) is 17.2 Å². The zero-order chi connectivity index (χ0) is 65.9. The van der Waals surface area contributed by atoms with Gasteiger partial charge in [0.1, 0.15) is 30.1 Å². The van der Waals surface area contributed by atoms with Crippen molar-refractivity contribution in [3.05, 3.63) is 238 Å². The second-order valence-electron chi connectivity index (χ2n) is 23.2. The number of ketones is 3. The lowest BCUT2D eigenvalue weighted by Gasteiger charge is -2.13. The van der Waals surface area contributed by atoms with Crippen LogP contribution in [0.25, 0.3) is 45.5 Å². The number of amides is 3. The first kappa shape index (κ1) is 61.8. The van der Waals surface area contributed by atoms with Gasteiger partial charge in [-0.3, -0.25) is 39.0 Å². The van der Waals surface area contributed by atoms with Crippen molar-refractivity contribution in [2.24, 2.45) is 5.73 Å². The van der Waals surface area contributed by atoms with Gasteiger partial charge in [0.15, 0.2) is 29.0 Å². The SMILES string of the molecule is C=C(NC1CC1)c1ccc(C)c(-n2ncc(C(=O)c3cccc(-c4ncn[nH]4)c3)c2N)c1.Cc1ccc(C(=O)NC2CC2)cc1-n1ncc(C(=O)c2cccc(-c3ncn[nH]3)c2)c1N.Cc1ccc(C(=O)NC2CC2)cc1-n1ncc(C(=O)c2cccc(C(N)=O)c2)c1N. The molecule has 11 aromatic rings. The quantitative estimate of drug-likeness (QED) is 0.0345. The van der Waals surface area contributed by atoms with E-state index in [2.05, 4.69) is 68.2 Å². The third-order valence-electron chi connectivity index (χ3n) is 16.2. The molecule has 3 amide bonds. The van der Waals surface area contributed by atoms with E-state index in [1.54, 1.807) is 77.5 Å². The van der Waals surface area contributed by atoms with Crippen molar-refractivity contribution in [3.8, 4) is 39.8 Å². The highest BCUT2D eigenvalue weighted by atomic mass is 16.2. The lowest BCUT2D eigenvalue weighted by Crippen LogP contribution is -2.25. The summed E-state index contributed by atoms with van der Waals surface area (Å²) >= 11 is 0. The number of carbonyl (C=O) groups is 6. The highest BCUT2D eigenvalue weighted by molar-refractivity contribution is 6.14. The van der Waals surface area contributed by atoms with E-state index in [1.807, 2.05) is 63.2 Å². The molecule has 6 aromatic carbocycles. The second kappa shape index (κ2) is 26.2. The Morgan fingerprint density at radius 2 is 0.798 bits per heavy atom. The van der Waals surface area contributed by atoms with Crippen LogP contribution in [0.1, 0.15) is 140 Å². The normalized spacial score (nSPS) is 13.1. The summed E-state index contributed by atoms with van der Waals surface area (Å²) in [6.45, 7) is 9.92. The first-order valence-electron chi connectivity index (χ1n) is 30.2. The maximum absolute atomic E-state index is 13.2. The molecule has 14 rings (SSSR count). The summed E-state index contributed by atoms with van der Waals surface area (Å²) < 4.78 is 4.54. The van der Waals surface area contributed by atoms with Crippen molar-refractivity contribution in [2.45, 2.75) is 77.4 Å². The smallest absolute Gasteiger partial charge is 0.251 e. The van der Waals surface area contributed by atoms with E-state index in [0.717, 1.165) is 70.4 Å². The second-order valence-corrected chi connectivity index (χ2v) is 23.2. The van der Waals surface area contributed by atoms with Crippen LogP contribution in [0.4, 0.5) is 17.5 Å². The number of benzene rings is 6. The molecular formula is C69H65N19O6. The molecule has 0 bridgehead atoms. The van der Waals surface area contributed by atoms with Crippen molar-refractivity contribution in [1.82, 2.24) is 75.7 Å². The molecular weight excluding hydrogens is 1190 g/mol. The third kappa shape index (κ3) is 13.5. The Labute approximate surface area is 538 Å². The van der Waals surface area contributed by atoms with Gasteiger partial charge in [-0.05, 0) is 136 Å². The number of primary amides is 1. The van der Waals surface area contributed by atoms with Gasteiger partial charge in [0.2, 0.25) is 5.91 Å². The van der Waals surface area contributed by atoms with Crippen LogP contribution in [0, 0.1) is 20.8 Å². The van der Waals surface area contributed by atoms with Gasteiger partial charge >= 0.3 is 0 Å². The number of rotatable bonds is 19. The number of nitrogen functional groups attached to an aromatic ring is 3. The highest BCUT2D eigenvalue weighted by Crippen LogP contribution is 2.31. The predicted octanol–water partition coefficient (Wildman–Crippen LogP) is 8.16. The number of H-pyrrole nitrogens is 2. The molecule has 472 valence electrons. The van der Waals surface area contributed by atoms with Crippen LogP contribution in [0.15, 0.2) is 165 Å². The van der Waals surface area contributed by atoms with E-state index in [1.165, 1.54) is 65.6 Å². The number of nitrogens with two attached hydrogens (primary N) is 4. The minimum Gasteiger partial charge on any atom is -0.383 e. The molecule has 0 saturated heterocycles. The molecule has 13 N–H and O–H groups in total. The molecule has 25 heteroatoms. The number of nitrogens with one attached hydrogen (secondary N) is 5. The summed E-state index contributed by atoms with van der Waals surface area (Å²) in [5.74, 6) is 0.0860. The standard InChI is InChI=1S/C24H23N7O.C23H21N7O2.C22H21N5O3/c1-14-6-7-16(15(2)29-19-8-9-19)11-21(14)31-23(25)20(12-28-31)22(32)17-4-3-5-18(10-17)24-26-13-27-30-24;1-13-5-6-16(23(32)28-17-7-8-17)10-19(13)30-21(24)18(11-27-30)20(31)14-3-2-4-15(9-14)22-25-12-26-29-22;1-12-5-6-15(22(30)26-16-7-8-16)10-18(12)27-20(23)17(11-25-27)19(28)13-3-2-4-14(9-13)21(24)29/h3-7,10-13,19,29H,2,8-9,25H2,1H3,(H,26,27,30);2-6,9-12,17H,7-8,24H2,1H3,(H,28,32)(H,25,26,29);2-6,9-11,16H,7-8,23H2,1H3,(H2,24,29)(H,26,30). The molecule has 0 unspecified atom stereocenters. The minimum absolute atomic E-state index is 0.125. The van der Waals surface area contributed by atoms with Gasteiger partial charge in [-0.2, -0.15) is 25.5 Å². The fourth-order valence-electron chi connectivity index (χ4n) is 10.3. The Bertz CT molecular complexity index is 4550. The van der Waals surface area contributed by atoms with Gasteiger partial charge < -0.3 is 38.9 Å². The predicted molar refractivity (Wildman–Crippen MR) is 353 cm³/mol. The Hall–Kier alpha value is -12.4. The molecule has 25 nitrogen and oxygen atoms in total. The van der Waals surface area contributed by atoms with Gasteiger partial charge in [-0.1, -0.05) is 79.4 Å². The van der Waals surface area contributed by atoms with Crippen LogP contribution in [-0.2, 0) is 0 Å². The number of aromatic nitrogens is 12. The number of aryl methyl sites for hydroxylation is 3. The summed E-state index contributed by atoms with van der Waals surface area (Å²) in [5, 5.41) is 35.7. The fraction of sp³-hybridized carbons (Fsp3) is 0.174. The van der Waals surface area contributed by atoms with E-state index < -0.39 is 5.91 Å². The number of aromatic amines is 2. The topological polar surface area (TPSA) is 379 Å². The largest absolute Gasteiger partial charge is 0.383 e. The van der Waals surface area contributed by atoms with Gasteiger partial charge in [0.05, 0.1) is 52.3 Å². The zero-order valence-electron chi connectivity index (χ0n) is 51.4. The summed E-state index contributed by atoms with van der Waals surface area (Å²) in [5.41, 5.74) is 35.8. The van der Waals surface area contributed by atoms with Crippen molar-refractivity contribution >= 4 is 58.2 Å². The van der Waals surface area contributed by atoms with E-state index >= 15 is 0 Å². The van der Waals surface area contributed by atoms with Gasteiger partial charge in [0, 0.05) is 68.3 Å². The molecule has 94 heavy (non-hydrogen) atoms. The molecule has 5 aromatic heterocycles. The van der Waals surface area contributed by atoms with E-state index in [0.29, 0.717) is 62.7 Å². The van der Waals surface area contributed by atoms with Gasteiger partial charge in [0.25, 0.3) is 11.8 Å². The number of carbonyl (C=O) groups excluding carboxylic acids is 6. The Morgan fingerprint density at radius 3 is 1.17 bits per heavy atom. The van der Waals surface area contributed by atoms with E-state index in [-0.39, 0.29) is 75.1 Å². The molecule has 3 aliphatic rings. The lowest BCUT2D eigenvalue weighted by atomic mass is 10.0. The monoisotopic (exact) mass is 1260 g/mol. The van der Waals surface area contributed by atoms with Crippen molar-refractivity contribution in [1.29, 1.82) is 0 Å². The maximum atomic E-state index is 13.2. The minimum atomic E-state index is -0.620. The van der Waals surface area contributed by atoms with E-state index in [4.69, 9.17) is 22.9 Å². The number of hydrogen-bond acceptors (Lipinski definition) is 17. The summed E-state index contributed by atoms with van der Waals surface area (Å²) in [6, 6.07) is 38.1. The fourth-order valence-corrected chi connectivity index (χ4v) is 10.3. The van der Waals surface area contributed by atoms with Crippen LogP contribution in [0.3, 0.4) is 0 Å². The molecule has 0 spiro atoms. The summed E-state index contributed by atoms with van der Waals surface area (Å²) in [6.07, 6.45) is 13.6. The third-order valence-corrected chi connectivity index (χ3v) is 16.2. The Balaban J connectivity index is 0.000000135. The van der Waals surface area contributed by atoms with E-state index in [9.17, 15) is 28.8 Å². The maximum Gasteiger partial charge on any atom is 0.251 e. The Morgan fingerprint density at radius 1 is 0.447 bits per heavy atom. The summed E-state index contributed by atoms with van der Waals surface area (Å²) in [4.78, 5) is 83.8. The molecule has 3 fully saturated rings. The highest BCUT2D eigenvalue weighted by Gasteiger charge is 2.28. The number of anilines is 3. The molecule has 5 heterocycles. The molecule has 0 radical (unpaired) electrons. The average Bonchev–Trinajstić information content (AvgIpc) is 1.48. The van der Waals surface area contributed by atoms with Crippen LogP contribution in [0.5, 0.6) is 0 Å². The van der Waals surface area contributed by atoms with Gasteiger partial charge in [-0.15, -0.1) is 0 Å². The average molecular weight is 1260 g/mol. The van der Waals surface area contributed by atoms with Crippen molar-refractivity contribution in [3.63, 3.8) is 0 Å². The zero-order valence-corrected chi connectivity index (χ0v) is 51.4. The lowest BCUT2D eigenvalue weighted by molar-refractivity contribution is 0.0942. The van der Waals surface area contributed by atoms with Crippen LogP contribution < -0.4 is 38.9 Å². The number of nitrogens with zero attached hydrogens (tertiary/aromatic N) is 10. The molecule has 0 aliphatic heterocycles. The first-order valence-corrected chi connectivity index (χ1v) is 30.2. The molecule has 3 aliphatic carbocycles. The Kier molecular flexibility index (Phi) is 17.2. The summed E-state index contributed by atoms with van der Waals surface area (Å²) in [7, 11) is 0. The van der Waals surface area contributed by atoms with Crippen LogP contribution in [0.2, 0.25) is 0 Å². The van der Waals surface area contributed by atoms with Crippen molar-refractivity contribution < 1.29 is 28.8 Å². The first-order chi connectivity index (χ1) is 45.4. The van der Waals surface area contributed by atoms with Crippen LogP contribution in [-0.4, -0.2) is 113 Å². The van der Waals surface area contributed by atoms with Gasteiger partial charge in [-0.25, -0.2) is 24.0 Å². The molecule has 0 atom stereocenters. The number of hydrogen-bond donors (Lipinski definition) is 9. The van der Waals surface area contributed by atoms with Crippen LogP contribution >= 0.6 is 0 Å².